The Labute approximate surface area is 180 Å². The van der Waals surface area contributed by atoms with Crippen LogP contribution in [0.5, 0.6) is 17.2 Å². The molecule has 0 spiro atoms. The van der Waals surface area contributed by atoms with E-state index in [2.05, 4.69) is 6.07 Å². The average molecular weight is 412 g/mol. The minimum Gasteiger partial charge on any atom is -0.493 e. The monoisotopic (exact) mass is 412 g/mol. The molecule has 0 radical (unpaired) electrons. The fourth-order valence-electron chi connectivity index (χ4n) is 4.13. The van der Waals surface area contributed by atoms with Gasteiger partial charge in [-0.25, -0.2) is 4.39 Å². The molecule has 0 bridgehead atoms. The van der Waals surface area contributed by atoms with Gasteiger partial charge in [0.05, 0.1) is 14.2 Å². The molecule has 31 heavy (non-hydrogen) atoms. The van der Waals surface area contributed by atoms with Crippen LogP contribution in [0.2, 0.25) is 0 Å². The molecule has 0 aliphatic carbocycles. The van der Waals surface area contributed by atoms with Gasteiger partial charge in [0, 0.05) is 16.7 Å². The number of ether oxygens (including phenoxy) is 3. The van der Waals surface area contributed by atoms with E-state index in [0.717, 1.165) is 33.2 Å². The molecule has 0 fully saturated rings. The fourth-order valence-corrected chi connectivity index (χ4v) is 4.13. The molecular formula is C27H21FO3. The minimum atomic E-state index is -0.400. The summed E-state index contributed by atoms with van der Waals surface area (Å²) >= 11 is 0. The van der Waals surface area contributed by atoms with E-state index in [-0.39, 0.29) is 5.82 Å². The van der Waals surface area contributed by atoms with Crippen molar-refractivity contribution in [2.45, 2.75) is 6.10 Å². The summed E-state index contributed by atoms with van der Waals surface area (Å²) in [6.45, 7) is 0. The summed E-state index contributed by atoms with van der Waals surface area (Å²) in [6.07, 6.45) is 1.58. The van der Waals surface area contributed by atoms with Gasteiger partial charge in [-0.05, 0) is 46.7 Å². The van der Waals surface area contributed by atoms with Gasteiger partial charge in [-0.15, -0.1) is 0 Å². The third-order valence-electron chi connectivity index (χ3n) is 5.63. The van der Waals surface area contributed by atoms with Crippen LogP contribution in [0.3, 0.4) is 0 Å². The van der Waals surface area contributed by atoms with E-state index in [4.69, 9.17) is 14.2 Å². The Balaban J connectivity index is 1.73. The number of fused-ring (bicyclic) bond motifs is 3. The summed E-state index contributed by atoms with van der Waals surface area (Å²) in [5.41, 5.74) is 3.16. The first-order chi connectivity index (χ1) is 15.2. The normalized spacial score (nSPS) is 15.1. The molecule has 1 unspecified atom stereocenters. The maximum atomic E-state index is 14.9. The Hall–Kier alpha value is -3.79. The highest BCUT2D eigenvalue weighted by molar-refractivity contribution is 6.01. The lowest BCUT2D eigenvalue weighted by atomic mass is 9.88. The molecule has 1 atom stereocenters. The SMILES string of the molecule is COc1ccc(C2C=C(c3ccccc3F)c3c(ccc4ccccc34)O2)cc1OC. The van der Waals surface area contributed by atoms with Gasteiger partial charge in [0.2, 0.25) is 0 Å². The summed E-state index contributed by atoms with van der Waals surface area (Å²) in [6, 6.07) is 24.6. The van der Waals surface area contributed by atoms with E-state index < -0.39 is 6.10 Å². The largest absolute Gasteiger partial charge is 0.493 e. The van der Waals surface area contributed by atoms with Gasteiger partial charge in [0.15, 0.2) is 11.5 Å². The topological polar surface area (TPSA) is 27.7 Å². The van der Waals surface area contributed by atoms with Crippen molar-refractivity contribution in [3.05, 3.63) is 107 Å². The van der Waals surface area contributed by atoms with Crippen LogP contribution in [0.4, 0.5) is 4.39 Å². The molecule has 0 saturated carbocycles. The molecule has 0 N–H and O–H groups in total. The average Bonchev–Trinajstić information content (AvgIpc) is 2.83. The third-order valence-corrected chi connectivity index (χ3v) is 5.63. The molecule has 1 aliphatic rings. The molecule has 4 aromatic rings. The molecule has 4 aromatic carbocycles. The number of rotatable bonds is 4. The summed E-state index contributed by atoms with van der Waals surface area (Å²) in [7, 11) is 3.21. The zero-order valence-electron chi connectivity index (χ0n) is 17.3. The number of benzene rings is 4. The van der Waals surface area contributed by atoms with E-state index >= 15 is 0 Å². The fraction of sp³-hybridized carbons (Fsp3) is 0.111. The van der Waals surface area contributed by atoms with Gasteiger partial charge in [-0.3, -0.25) is 0 Å². The minimum absolute atomic E-state index is 0.263. The van der Waals surface area contributed by atoms with Crippen LogP contribution in [-0.4, -0.2) is 14.2 Å². The quantitative estimate of drug-likeness (QED) is 0.380. The van der Waals surface area contributed by atoms with Crippen LogP contribution in [0, 0.1) is 5.82 Å². The number of hydrogen-bond acceptors (Lipinski definition) is 3. The van der Waals surface area contributed by atoms with Crippen molar-refractivity contribution in [2.75, 3.05) is 14.2 Å². The van der Waals surface area contributed by atoms with Crippen molar-refractivity contribution in [3.63, 3.8) is 0 Å². The molecule has 1 heterocycles. The lowest BCUT2D eigenvalue weighted by Crippen LogP contribution is -2.13. The highest BCUT2D eigenvalue weighted by atomic mass is 19.1. The third kappa shape index (κ3) is 3.30. The van der Waals surface area contributed by atoms with Crippen LogP contribution >= 0.6 is 0 Å². The van der Waals surface area contributed by atoms with Gasteiger partial charge in [0.1, 0.15) is 17.7 Å². The van der Waals surface area contributed by atoms with Crippen LogP contribution < -0.4 is 14.2 Å². The van der Waals surface area contributed by atoms with Gasteiger partial charge >= 0.3 is 0 Å². The molecule has 1 aliphatic heterocycles. The van der Waals surface area contributed by atoms with Crippen LogP contribution in [-0.2, 0) is 0 Å². The van der Waals surface area contributed by atoms with Gasteiger partial charge in [0.25, 0.3) is 0 Å². The first-order valence-electron chi connectivity index (χ1n) is 10.1. The summed E-state index contributed by atoms with van der Waals surface area (Å²) < 4.78 is 32.1. The molecule has 0 saturated heterocycles. The second kappa shape index (κ2) is 7.80. The predicted molar refractivity (Wildman–Crippen MR) is 120 cm³/mol. The maximum Gasteiger partial charge on any atom is 0.161 e. The molecule has 0 amide bonds. The standard InChI is InChI=1S/C27H21FO3/c1-29-23-13-12-18(15-26(23)30-2)25-16-21(20-9-5-6-10-22(20)28)27-19-8-4-3-7-17(19)11-14-24(27)31-25/h3-16,25H,1-2H3. The van der Waals surface area contributed by atoms with Crippen molar-refractivity contribution in [1.29, 1.82) is 0 Å². The van der Waals surface area contributed by atoms with E-state index in [1.165, 1.54) is 6.07 Å². The Morgan fingerprint density at radius 2 is 1.58 bits per heavy atom. The predicted octanol–water partition coefficient (Wildman–Crippen LogP) is 6.56. The molecule has 3 nitrogen and oxygen atoms in total. The van der Waals surface area contributed by atoms with Crippen molar-refractivity contribution in [3.8, 4) is 17.2 Å². The highest BCUT2D eigenvalue weighted by Gasteiger charge is 2.26. The van der Waals surface area contributed by atoms with Crippen LogP contribution in [0.15, 0.2) is 84.9 Å². The zero-order valence-corrected chi connectivity index (χ0v) is 17.3. The van der Waals surface area contributed by atoms with Gasteiger partial charge in [-0.1, -0.05) is 54.6 Å². The van der Waals surface area contributed by atoms with E-state index in [9.17, 15) is 4.39 Å². The number of hydrogen-bond donors (Lipinski definition) is 0. The first-order valence-corrected chi connectivity index (χ1v) is 10.1. The lowest BCUT2D eigenvalue weighted by molar-refractivity contribution is 0.250. The van der Waals surface area contributed by atoms with Crippen molar-refractivity contribution in [2.24, 2.45) is 0 Å². The van der Waals surface area contributed by atoms with Crippen molar-refractivity contribution in [1.82, 2.24) is 0 Å². The zero-order chi connectivity index (χ0) is 21.4. The van der Waals surface area contributed by atoms with E-state index in [0.29, 0.717) is 17.1 Å². The molecule has 4 heteroatoms. The van der Waals surface area contributed by atoms with E-state index in [1.54, 1.807) is 20.3 Å². The Morgan fingerprint density at radius 1 is 0.806 bits per heavy atom. The second-order valence-electron chi connectivity index (χ2n) is 7.37. The Morgan fingerprint density at radius 3 is 2.39 bits per heavy atom. The Kier molecular flexibility index (Phi) is 4.83. The summed E-state index contributed by atoms with van der Waals surface area (Å²) in [5.74, 6) is 1.72. The first kappa shape index (κ1) is 19.2. The Bertz CT molecular complexity index is 1310. The van der Waals surface area contributed by atoms with Gasteiger partial charge < -0.3 is 14.2 Å². The molecular weight excluding hydrogens is 391 g/mol. The summed E-state index contributed by atoms with van der Waals surface area (Å²) in [4.78, 5) is 0. The van der Waals surface area contributed by atoms with Gasteiger partial charge in [-0.2, -0.15) is 0 Å². The second-order valence-corrected chi connectivity index (χ2v) is 7.37. The summed E-state index contributed by atoms with van der Waals surface area (Å²) in [5, 5.41) is 2.11. The highest BCUT2D eigenvalue weighted by Crippen LogP contribution is 2.45. The van der Waals surface area contributed by atoms with Crippen molar-refractivity contribution < 1.29 is 18.6 Å². The van der Waals surface area contributed by atoms with E-state index in [1.807, 2.05) is 66.7 Å². The van der Waals surface area contributed by atoms with Crippen LogP contribution in [0.1, 0.15) is 22.8 Å². The smallest absolute Gasteiger partial charge is 0.161 e. The molecule has 5 rings (SSSR count). The maximum absolute atomic E-state index is 14.9. The number of halogens is 1. The van der Waals surface area contributed by atoms with Crippen molar-refractivity contribution >= 4 is 16.3 Å². The number of methoxy groups -OCH3 is 2. The molecule has 0 aromatic heterocycles. The van der Waals surface area contributed by atoms with Crippen LogP contribution in [0.25, 0.3) is 16.3 Å². The lowest BCUT2D eigenvalue weighted by Gasteiger charge is -2.28. The molecule has 154 valence electrons.